The van der Waals surface area contributed by atoms with Gasteiger partial charge in [-0.25, -0.2) is 4.79 Å². The fraction of sp³-hybridized carbons (Fsp3) is 0.0417. The van der Waals surface area contributed by atoms with Crippen molar-refractivity contribution < 1.29 is 19.4 Å². The number of ether oxygens (including phenoxy) is 1. The number of esters is 1. The van der Waals surface area contributed by atoms with Gasteiger partial charge in [-0.2, -0.15) is 0 Å². The molecule has 4 rings (SSSR count). The maximum absolute atomic E-state index is 12.9. The zero-order chi connectivity index (χ0) is 22.5. The molecule has 1 heterocycles. The van der Waals surface area contributed by atoms with E-state index in [1.165, 1.54) is 25.6 Å². The monoisotopic (exact) mass is 426 g/mol. The van der Waals surface area contributed by atoms with E-state index in [0.29, 0.717) is 16.5 Å². The summed E-state index contributed by atoms with van der Waals surface area (Å²) in [6.45, 7) is 0. The number of benzene rings is 3. The number of carbonyl (C=O) groups excluding carboxylic acids is 2. The third kappa shape index (κ3) is 4.15. The fourth-order valence-electron chi connectivity index (χ4n) is 3.16. The van der Waals surface area contributed by atoms with Crippen LogP contribution in [0.25, 0.3) is 10.8 Å². The van der Waals surface area contributed by atoms with E-state index in [1.54, 1.807) is 48.5 Å². The van der Waals surface area contributed by atoms with Gasteiger partial charge in [-0.1, -0.05) is 42.5 Å². The number of nitrogens with zero attached hydrogens (tertiary/aromatic N) is 3. The summed E-state index contributed by atoms with van der Waals surface area (Å²) in [7, 11) is 1.25. The summed E-state index contributed by atoms with van der Waals surface area (Å²) in [5, 5.41) is 23.3. The first-order chi connectivity index (χ1) is 15.6. The zero-order valence-corrected chi connectivity index (χ0v) is 17.0. The highest BCUT2D eigenvalue weighted by atomic mass is 16.5. The average Bonchev–Trinajstić information content (AvgIpc) is 2.83. The molecular formula is C24H18N4O4. The number of aromatic nitrogens is 1. The zero-order valence-electron chi connectivity index (χ0n) is 17.0. The van der Waals surface area contributed by atoms with E-state index in [9.17, 15) is 14.7 Å². The van der Waals surface area contributed by atoms with Crippen molar-refractivity contribution >= 4 is 39.7 Å². The minimum Gasteiger partial charge on any atom is -0.505 e. The number of nitrogens with one attached hydrogen (secondary N) is 1. The van der Waals surface area contributed by atoms with Gasteiger partial charge < -0.3 is 15.2 Å². The topological polar surface area (TPSA) is 113 Å². The summed E-state index contributed by atoms with van der Waals surface area (Å²) < 4.78 is 4.75. The molecule has 0 radical (unpaired) electrons. The Hall–Kier alpha value is -4.59. The lowest BCUT2D eigenvalue weighted by atomic mass is 10.0. The van der Waals surface area contributed by atoms with Gasteiger partial charge in [-0.05, 0) is 29.7 Å². The van der Waals surface area contributed by atoms with Crippen LogP contribution in [-0.4, -0.2) is 29.1 Å². The average molecular weight is 426 g/mol. The molecule has 0 spiro atoms. The molecule has 0 saturated heterocycles. The molecular weight excluding hydrogens is 408 g/mol. The van der Waals surface area contributed by atoms with Crippen molar-refractivity contribution in [3.63, 3.8) is 0 Å². The largest absolute Gasteiger partial charge is 0.505 e. The normalized spacial score (nSPS) is 10.9. The smallest absolute Gasteiger partial charge is 0.341 e. The molecule has 3 aromatic carbocycles. The maximum atomic E-state index is 12.9. The molecule has 4 aromatic rings. The van der Waals surface area contributed by atoms with Crippen molar-refractivity contribution in [3.8, 4) is 5.75 Å². The Bertz CT molecular complexity index is 1340. The lowest BCUT2D eigenvalue weighted by molar-refractivity contribution is 0.0601. The van der Waals surface area contributed by atoms with Gasteiger partial charge in [0.05, 0.1) is 12.7 Å². The lowest BCUT2D eigenvalue weighted by Crippen LogP contribution is -2.12. The molecule has 32 heavy (non-hydrogen) atoms. The van der Waals surface area contributed by atoms with Crippen LogP contribution in [0, 0.1) is 0 Å². The van der Waals surface area contributed by atoms with Gasteiger partial charge in [0.2, 0.25) is 0 Å². The first-order valence-corrected chi connectivity index (χ1v) is 9.63. The Morgan fingerprint density at radius 3 is 2.50 bits per heavy atom. The number of hydrogen-bond acceptors (Lipinski definition) is 7. The molecule has 0 unspecified atom stereocenters. The summed E-state index contributed by atoms with van der Waals surface area (Å²) in [5.74, 6) is -1.43. The van der Waals surface area contributed by atoms with Crippen LogP contribution in [0.15, 0.2) is 89.4 Å². The van der Waals surface area contributed by atoms with E-state index in [4.69, 9.17) is 4.74 Å². The minimum absolute atomic E-state index is 0.0458. The van der Waals surface area contributed by atoms with Gasteiger partial charge in [0, 0.05) is 23.5 Å². The van der Waals surface area contributed by atoms with E-state index in [-0.39, 0.29) is 28.3 Å². The number of anilines is 1. The Balaban J connectivity index is 1.80. The van der Waals surface area contributed by atoms with Gasteiger partial charge in [0.25, 0.3) is 5.91 Å². The molecule has 0 saturated carbocycles. The standard InChI is InChI=1S/C24H18N4O4/c1-32-24(31)19-14-25-12-11-20(19)27-28-21-17-10-6-5-7-15(17)13-18(22(21)29)23(30)26-16-8-3-2-4-9-16/h2-14,29H,1H3,(H,26,30). The van der Waals surface area contributed by atoms with Crippen molar-refractivity contribution in [2.75, 3.05) is 12.4 Å². The predicted molar refractivity (Wildman–Crippen MR) is 120 cm³/mol. The molecule has 158 valence electrons. The highest BCUT2D eigenvalue weighted by Gasteiger charge is 2.19. The maximum Gasteiger partial charge on any atom is 0.341 e. The van der Waals surface area contributed by atoms with Crippen molar-refractivity contribution in [2.24, 2.45) is 10.2 Å². The molecule has 8 heteroatoms. The number of phenols is 1. The second kappa shape index (κ2) is 9.05. The van der Waals surface area contributed by atoms with Crippen LogP contribution in [0.5, 0.6) is 5.75 Å². The van der Waals surface area contributed by atoms with E-state index in [1.807, 2.05) is 12.1 Å². The van der Waals surface area contributed by atoms with Gasteiger partial charge >= 0.3 is 5.97 Å². The van der Waals surface area contributed by atoms with Crippen LogP contribution in [0.1, 0.15) is 20.7 Å². The second-order valence-corrected chi connectivity index (χ2v) is 6.75. The number of hydrogen-bond donors (Lipinski definition) is 2. The van der Waals surface area contributed by atoms with E-state index in [0.717, 1.165) is 0 Å². The Labute approximate surface area is 183 Å². The fourth-order valence-corrected chi connectivity index (χ4v) is 3.16. The first-order valence-electron chi connectivity index (χ1n) is 9.63. The van der Waals surface area contributed by atoms with Crippen LogP contribution >= 0.6 is 0 Å². The summed E-state index contributed by atoms with van der Waals surface area (Å²) in [4.78, 5) is 28.8. The highest BCUT2D eigenvalue weighted by Crippen LogP contribution is 2.39. The molecule has 1 aromatic heterocycles. The molecule has 0 aliphatic rings. The Kier molecular flexibility index (Phi) is 5.85. The van der Waals surface area contributed by atoms with Crippen molar-refractivity contribution in [3.05, 3.63) is 90.3 Å². The number of amides is 1. The van der Waals surface area contributed by atoms with Crippen LogP contribution in [0.2, 0.25) is 0 Å². The molecule has 0 fully saturated rings. The van der Waals surface area contributed by atoms with E-state index in [2.05, 4.69) is 20.5 Å². The van der Waals surface area contributed by atoms with Crippen molar-refractivity contribution in [1.82, 2.24) is 4.98 Å². The van der Waals surface area contributed by atoms with Crippen LogP contribution in [-0.2, 0) is 4.74 Å². The van der Waals surface area contributed by atoms with Crippen LogP contribution in [0.3, 0.4) is 0 Å². The number of methoxy groups -OCH3 is 1. The second-order valence-electron chi connectivity index (χ2n) is 6.75. The third-order valence-electron chi connectivity index (χ3n) is 4.73. The van der Waals surface area contributed by atoms with Gasteiger partial charge in [-0.3, -0.25) is 9.78 Å². The van der Waals surface area contributed by atoms with Gasteiger partial charge in [-0.15, -0.1) is 10.2 Å². The van der Waals surface area contributed by atoms with Crippen molar-refractivity contribution in [2.45, 2.75) is 0 Å². The highest BCUT2D eigenvalue weighted by molar-refractivity contribution is 6.11. The number of aromatic hydroxyl groups is 1. The third-order valence-corrected chi connectivity index (χ3v) is 4.73. The van der Waals surface area contributed by atoms with E-state index >= 15 is 0 Å². The van der Waals surface area contributed by atoms with E-state index < -0.39 is 11.9 Å². The Morgan fingerprint density at radius 1 is 0.969 bits per heavy atom. The first kappa shape index (κ1) is 20.7. The summed E-state index contributed by atoms with van der Waals surface area (Å²) in [6, 6.07) is 19.2. The molecule has 0 atom stereocenters. The SMILES string of the molecule is COC(=O)c1cnccc1N=Nc1c(O)c(C(=O)Nc2ccccc2)cc2ccccc12. The van der Waals surface area contributed by atoms with Crippen molar-refractivity contribution in [1.29, 1.82) is 0 Å². The van der Waals surface area contributed by atoms with Gasteiger partial charge in [0.15, 0.2) is 5.75 Å². The Morgan fingerprint density at radius 2 is 1.72 bits per heavy atom. The number of fused-ring (bicyclic) bond motifs is 1. The molecule has 1 amide bonds. The number of azo groups is 1. The van der Waals surface area contributed by atoms with Gasteiger partial charge in [0.1, 0.15) is 16.9 Å². The number of rotatable bonds is 5. The molecule has 2 N–H and O–H groups in total. The quantitative estimate of drug-likeness (QED) is 0.328. The molecule has 0 aliphatic carbocycles. The molecule has 8 nitrogen and oxygen atoms in total. The summed E-state index contributed by atoms with van der Waals surface area (Å²) >= 11 is 0. The number of phenolic OH excluding ortho intramolecular Hbond substituents is 1. The number of para-hydroxylation sites is 1. The minimum atomic E-state index is -0.614. The summed E-state index contributed by atoms with van der Waals surface area (Å²) in [6.07, 6.45) is 2.78. The summed E-state index contributed by atoms with van der Waals surface area (Å²) in [5.41, 5.74) is 1.08. The molecule has 0 bridgehead atoms. The lowest BCUT2D eigenvalue weighted by Gasteiger charge is -2.11. The molecule has 0 aliphatic heterocycles. The number of carbonyl (C=O) groups is 2. The number of pyridine rings is 1. The van der Waals surface area contributed by atoms with Crippen LogP contribution < -0.4 is 5.32 Å². The van der Waals surface area contributed by atoms with Crippen LogP contribution in [0.4, 0.5) is 17.1 Å². The predicted octanol–water partition coefficient (Wildman–Crippen LogP) is 5.39.